The van der Waals surface area contributed by atoms with Crippen LogP contribution < -0.4 is 5.73 Å². The molecule has 0 spiro atoms. The van der Waals surface area contributed by atoms with Crippen molar-refractivity contribution in [3.8, 4) is 0 Å². The van der Waals surface area contributed by atoms with Crippen molar-refractivity contribution in [1.29, 1.82) is 0 Å². The third-order valence-corrected chi connectivity index (χ3v) is 2.88. The van der Waals surface area contributed by atoms with Crippen LogP contribution in [0.4, 0.5) is 0 Å². The van der Waals surface area contributed by atoms with Gasteiger partial charge in [0.2, 0.25) is 5.91 Å². The number of carbonyl (C=O) groups is 1. The fourth-order valence-corrected chi connectivity index (χ4v) is 1.79. The Hall–Kier alpha value is -1.29. The van der Waals surface area contributed by atoms with E-state index in [0.717, 1.165) is 17.9 Å². The predicted octanol–water partition coefficient (Wildman–Crippen LogP) is 2.45. The highest BCUT2D eigenvalue weighted by Gasteiger charge is 2.18. The molecule has 0 radical (unpaired) electrons. The first-order valence-corrected chi connectivity index (χ1v) is 6.50. The largest absolute Gasteiger partial charge is 0.464 e. The van der Waals surface area contributed by atoms with Gasteiger partial charge in [-0.15, -0.1) is 0 Å². The van der Waals surface area contributed by atoms with Gasteiger partial charge in [0, 0.05) is 18.5 Å². The number of carbonyl (C=O) groups excluding carboxylic acids is 1. The Labute approximate surface area is 109 Å². The molecule has 0 aliphatic carbocycles. The third kappa shape index (κ3) is 4.53. The molecule has 0 bridgehead atoms. The molecular formula is C14H24N2O2. The molecule has 1 rings (SSSR count). The molecule has 1 heterocycles. The predicted molar refractivity (Wildman–Crippen MR) is 72.0 cm³/mol. The standard InChI is InChI=1S/C14H24N2O2/c1-10(2)16(14(17)8-5-11(3)15)9-13-7-6-12(4)18-13/h6-7,10-11H,5,8-9,15H2,1-4H3. The van der Waals surface area contributed by atoms with Gasteiger partial charge >= 0.3 is 0 Å². The molecule has 0 aromatic carbocycles. The Bertz CT molecular complexity index is 383. The van der Waals surface area contributed by atoms with Gasteiger partial charge in [0.05, 0.1) is 6.54 Å². The SMILES string of the molecule is Cc1ccc(CN(C(=O)CCC(C)N)C(C)C)o1. The second-order valence-corrected chi connectivity index (χ2v) is 5.14. The molecular weight excluding hydrogens is 228 g/mol. The Morgan fingerprint density at radius 2 is 2.06 bits per heavy atom. The molecule has 0 aliphatic rings. The minimum absolute atomic E-state index is 0.0637. The summed E-state index contributed by atoms with van der Waals surface area (Å²) in [6.45, 7) is 8.38. The summed E-state index contributed by atoms with van der Waals surface area (Å²) in [7, 11) is 0. The Balaban J connectivity index is 2.62. The molecule has 1 amide bonds. The zero-order valence-corrected chi connectivity index (χ0v) is 11.8. The maximum atomic E-state index is 12.1. The molecule has 1 aromatic heterocycles. The molecule has 0 fully saturated rings. The van der Waals surface area contributed by atoms with Gasteiger partial charge in [0.15, 0.2) is 0 Å². The number of furan rings is 1. The quantitative estimate of drug-likeness (QED) is 0.846. The Morgan fingerprint density at radius 1 is 1.39 bits per heavy atom. The van der Waals surface area contributed by atoms with E-state index in [-0.39, 0.29) is 18.0 Å². The van der Waals surface area contributed by atoms with Gasteiger partial charge in [0.25, 0.3) is 0 Å². The second-order valence-electron chi connectivity index (χ2n) is 5.14. The maximum absolute atomic E-state index is 12.1. The van der Waals surface area contributed by atoms with Gasteiger partial charge in [0.1, 0.15) is 11.5 Å². The molecule has 0 aliphatic heterocycles. The number of amides is 1. The van der Waals surface area contributed by atoms with Gasteiger partial charge in [-0.3, -0.25) is 4.79 Å². The first-order valence-electron chi connectivity index (χ1n) is 6.50. The van der Waals surface area contributed by atoms with Crippen molar-refractivity contribution in [2.24, 2.45) is 5.73 Å². The van der Waals surface area contributed by atoms with E-state index < -0.39 is 0 Å². The fraction of sp³-hybridized carbons (Fsp3) is 0.643. The van der Waals surface area contributed by atoms with E-state index in [0.29, 0.717) is 13.0 Å². The first kappa shape index (κ1) is 14.8. The third-order valence-electron chi connectivity index (χ3n) is 2.88. The topological polar surface area (TPSA) is 59.5 Å². The van der Waals surface area contributed by atoms with Crippen LogP contribution in [0.2, 0.25) is 0 Å². The van der Waals surface area contributed by atoms with Crippen LogP contribution in [0.25, 0.3) is 0 Å². The van der Waals surface area contributed by atoms with Crippen molar-refractivity contribution in [1.82, 2.24) is 4.90 Å². The van der Waals surface area contributed by atoms with Gasteiger partial charge in [-0.25, -0.2) is 0 Å². The smallest absolute Gasteiger partial charge is 0.223 e. The molecule has 1 aromatic rings. The lowest BCUT2D eigenvalue weighted by atomic mass is 10.1. The van der Waals surface area contributed by atoms with Crippen LogP contribution in [0.15, 0.2) is 16.5 Å². The van der Waals surface area contributed by atoms with Crippen LogP contribution in [0.5, 0.6) is 0 Å². The van der Waals surface area contributed by atoms with E-state index >= 15 is 0 Å². The second kappa shape index (κ2) is 6.59. The lowest BCUT2D eigenvalue weighted by Crippen LogP contribution is -2.36. The highest BCUT2D eigenvalue weighted by atomic mass is 16.3. The van der Waals surface area contributed by atoms with E-state index in [4.69, 9.17) is 10.2 Å². The fourth-order valence-electron chi connectivity index (χ4n) is 1.79. The summed E-state index contributed by atoms with van der Waals surface area (Å²) in [5.41, 5.74) is 5.68. The molecule has 2 N–H and O–H groups in total. The number of aryl methyl sites for hydroxylation is 1. The van der Waals surface area contributed by atoms with Gasteiger partial charge in [-0.05, 0) is 46.2 Å². The zero-order chi connectivity index (χ0) is 13.7. The number of nitrogens with two attached hydrogens (primary N) is 1. The van der Waals surface area contributed by atoms with Crippen molar-refractivity contribution >= 4 is 5.91 Å². The maximum Gasteiger partial charge on any atom is 0.223 e. The summed E-state index contributed by atoms with van der Waals surface area (Å²) in [5, 5.41) is 0. The molecule has 4 nitrogen and oxygen atoms in total. The Kier molecular flexibility index (Phi) is 5.41. The van der Waals surface area contributed by atoms with Crippen LogP contribution in [-0.2, 0) is 11.3 Å². The van der Waals surface area contributed by atoms with Crippen LogP contribution >= 0.6 is 0 Å². The van der Waals surface area contributed by atoms with Gasteiger partial charge in [-0.2, -0.15) is 0 Å². The monoisotopic (exact) mass is 252 g/mol. The molecule has 0 saturated carbocycles. The van der Waals surface area contributed by atoms with E-state index in [9.17, 15) is 4.79 Å². The van der Waals surface area contributed by atoms with Gasteiger partial charge < -0.3 is 15.1 Å². The molecule has 1 atom stereocenters. The molecule has 1 unspecified atom stereocenters. The highest BCUT2D eigenvalue weighted by molar-refractivity contribution is 5.76. The van der Waals surface area contributed by atoms with Crippen LogP contribution in [0.3, 0.4) is 0 Å². The summed E-state index contributed by atoms with van der Waals surface area (Å²) < 4.78 is 5.52. The van der Waals surface area contributed by atoms with Crippen molar-refractivity contribution < 1.29 is 9.21 Å². The highest BCUT2D eigenvalue weighted by Crippen LogP contribution is 2.13. The lowest BCUT2D eigenvalue weighted by Gasteiger charge is -2.26. The lowest BCUT2D eigenvalue weighted by molar-refractivity contribution is -0.134. The molecule has 18 heavy (non-hydrogen) atoms. The van der Waals surface area contributed by atoms with E-state index in [2.05, 4.69) is 0 Å². The van der Waals surface area contributed by atoms with Crippen LogP contribution in [0, 0.1) is 6.92 Å². The summed E-state index contributed by atoms with van der Waals surface area (Å²) in [5.74, 6) is 1.84. The van der Waals surface area contributed by atoms with Crippen LogP contribution in [-0.4, -0.2) is 22.9 Å². The Morgan fingerprint density at radius 3 is 2.50 bits per heavy atom. The van der Waals surface area contributed by atoms with E-state index in [1.807, 2.05) is 44.7 Å². The molecule has 102 valence electrons. The van der Waals surface area contributed by atoms with Gasteiger partial charge in [-0.1, -0.05) is 0 Å². The average molecular weight is 252 g/mol. The van der Waals surface area contributed by atoms with Crippen molar-refractivity contribution in [3.05, 3.63) is 23.7 Å². The van der Waals surface area contributed by atoms with E-state index in [1.165, 1.54) is 0 Å². The van der Waals surface area contributed by atoms with Crippen molar-refractivity contribution in [2.75, 3.05) is 0 Å². The normalized spacial score (nSPS) is 12.8. The summed E-state index contributed by atoms with van der Waals surface area (Å²) in [6.07, 6.45) is 1.22. The number of hydrogen-bond donors (Lipinski definition) is 1. The number of rotatable bonds is 6. The first-order chi connectivity index (χ1) is 8.40. The van der Waals surface area contributed by atoms with E-state index in [1.54, 1.807) is 0 Å². The van der Waals surface area contributed by atoms with Crippen molar-refractivity contribution in [3.63, 3.8) is 0 Å². The minimum Gasteiger partial charge on any atom is -0.464 e. The average Bonchev–Trinajstić information content (AvgIpc) is 2.68. The van der Waals surface area contributed by atoms with Crippen molar-refractivity contribution in [2.45, 2.75) is 59.2 Å². The van der Waals surface area contributed by atoms with Crippen LogP contribution in [0.1, 0.15) is 45.1 Å². The molecule has 4 heteroatoms. The summed E-state index contributed by atoms with van der Waals surface area (Å²) in [6, 6.07) is 4.06. The number of hydrogen-bond acceptors (Lipinski definition) is 3. The summed E-state index contributed by atoms with van der Waals surface area (Å²) in [4.78, 5) is 14.0. The molecule has 0 saturated heterocycles. The number of nitrogens with zero attached hydrogens (tertiary/aromatic N) is 1. The minimum atomic E-state index is 0.0637. The summed E-state index contributed by atoms with van der Waals surface area (Å²) >= 11 is 0. The zero-order valence-electron chi connectivity index (χ0n) is 11.8.